The van der Waals surface area contributed by atoms with Crippen LogP contribution in [0.4, 0.5) is 10.7 Å². The molecule has 0 bridgehead atoms. The number of nitrogens with zero attached hydrogens (tertiary/aromatic N) is 1. The van der Waals surface area contributed by atoms with Crippen LogP contribution in [0.1, 0.15) is 30.8 Å². The molecule has 0 fully saturated rings. The van der Waals surface area contributed by atoms with Crippen molar-refractivity contribution in [2.45, 2.75) is 26.4 Å². The number of rotatable bonds is 6. The molecule has 2 aromatic rings. The lowest BCUT2D eigenvalue weighted by atomic mass is 10.2. The van der Waals surface area contributed by atoms with Crippen molar-refractivity contribution in [3.8, 4) is 5.75 Å². The molecule has 0 saturated heterocycles. The predicted molar refractivity (Wildman–Crippen MR) is 79.2 cm³/mol. The maximum absolute atomic E-state index is 11.0. The number of carboxylic acid groups (broad SMARTS) is 1. The molecule has 1 unspecified atom stereocenters. The zero-order chi connectivity index (χ0) is 14.5. The van der Waals surface area contributed by atoms with Gasteiger partial charge in [0.1, 0.15) is 10.8 Å². The molecule has 0 radical (unpaired) electrons. The number of nitrogens with one attached hydrogen (secondary N) is 1. The Kier molecular flexibility index (Phi) is 4.57. The molecule has 1 heterocycles. The maximum Gasteiger partial charge on any atom is 0.357 e. The second kappa shape index (κ2) is 6.38. The molecule has 106 valence electrons. The first-order valence-corrected chi connectivity index (χ1v) is 7.18. The molecule has 6 heteroatoms. The van der Waals surface area contributed by atoms with Crippen LogP contribution in [0.15, 0.2) is 29.8 Å². The summed E-state index contributed by atoms with van der Waals surface area (Å²) in [4.78, 5) is 14.8. The van der Waals surface area contributed by atoms with E-state index in [9.17, 15) is 4.79 Å². The largest absolute Gasteiger partial charge is 0.491 e. The zero-order valence-electron chi connectivity index (χ0n) is 11.3. The van der Waals surface area contributed by atoms with Crippen molar-refractivity contribution in [1.82, 2.24) is 4.98 Å². The molecule has 1 aromatic carbocycles. The Morgan fingerprint density at radius 1 is 1.55 bits per heavy atom. The van der Waals surface area contributed by atoms with Crippen molar-refractivity contribution >= 4 is 28.0 Å². The van der Waals surface area contributed by atoms with Gasteiger partial charge in [-0.15, -0.1) is 11.3 Å². The SMILES string of the molecule is CCC(C)Oc1cccc(Nc2scnc2C(=O)O)c1. The number of carbonyl (C=O) groups is 1. The monoisotopic (exact) mass is 292 g/mol. The van der Waals surface area contributed by atoms with E-state index in [0.29, 0.717) is 5.00 Å². The highest BCUT2D eigenvalue weighted by Crippen LogP contribution is 2.27. The topological polar surface area (TPSA) is 71.5 Å². The number of ether oxygens (including phenoxy) is 1. The van der Waals surface area contributed by atoms with Gasteiger partial charge in [0.25, 0.3) is 0 Å². The molecule has 0 spiro atoms. The van der Waals surface area contributed by atoms with Gasteiger partial charge in [0.2, 0.25) is 0 Å². The summed E-state index contributed by atoms with van der Waals surface area (Å²) in [5.74, 6) is -0.286. The van der Waals surface area contributed by atoms with E-state index in [2.05, 4.69) is 17.2 Å². The fourth-order valence-electron chi connectivity index (χ4n) is 1.58. The van der Waals surface area contributed by atoms with Crippen LogP contribution >= 0.6 is 11.3 Å². The van der Waals surface area contributed by atoms with Crippen LogP contribution < -0.4 is 10.1 Å². The Balaban J connectivity index is 2.15. The minimum atomic E-state index is -1.04. The molecule has 0 amide bonds. The molecule has 1 atom stereocenters. The first-order chi connectivity index (χ1) is 9.60. The Morgan fingerprint density at radius 3 is 3.05 bits per heavy atom. The molecule has 5 nitrogen and oxygen atoms in total. The number of aromatic nitrogens is 1. The minimum Gasteiger partial charge on any atom is -0.491 e. The summed E-state index contributed by atoms with van der Waals surface area (Å²) >= 11 is 1.25. The number of hydrogen-bond acceptors (Lipinski definition) is 5. The third-order valence-electron chi connectivity index (χ3n) is 2.77. The molecule has 2 rings (SSSR count). The molecule has 1 aromatic heterocycles. The van der Waals surface area contributed by atoms with Gasteiger partial charge in [-0.05, 0) is 25.5 Å². The Bertz CT molecular complexity index is 598. The van der Waals surface area contributed by atoms with E-state index < -0.39 is 5.97 Å². The summed E-state index contributed by atoms with van der Waals surface area (Å²) in [5, 5.41) is 12.6. The molecule has 2 N–H and O–H groups in total. The summed E-state index contributed by atoms with van der Waals surface area (Å²) in [6.45, 7) is 4.06. The normalized spacial score (nSPS) is 11.9. The van der Waals surface area contributed by atoms with Crippen LogP contribution in [-0.2, 0) is 0 Å². The highest BCUT2D eigenvalue weighted by atomic mass is 32.1. The quantitative estimate of drug-likeness (QED) is 0.848. The third kappa shape index (κ3) is 3.48. The van der Waals surface area contributed by atoms with Crippen LogP contribution in [0, 0.1) is 0 Å². The lowest BCUT2D eigenvalue weighted by Gasteiger charge is -2.13. The standard InChI is InChI=1S/C14H16N2O3S/c1-3-9(2)19-11-6-4-5-10(7-11)16-13-12(14(17)18)15-8-20-13/h4-9,16H,3H2,1-2H3,(H,17,18). The van der Waals surface area contributed by atoms with E-state index >= 15 is 0 Å². The molecule has 0 aliphatic rings. The lowest BCUT2D eigenvalue weighted by Crippen LogP contribution is -2.09. The Hall–Kier alpha value is -2.08. The molecule has 0 aliphatic heterocycles. The molecule has 20 heavy (non-hydrogen) atoms. The smallest absolute Gasteiger partial charge is 0.357 e. The van der Waals surface area contributed by atoms with Crippen molar-refractivity contribution in [3.05, 3.63) is 35.5 Å². The van der Waals surface area contributed by atoms with E-state index in [1.54, 1.807) is 0 Å². The van der Waals surface area contributed by atoms with Crippen molar-refractivity contribution in [2.24, 2.45) is 0 Å². The average molecular weight is 292 g/mol. The van der Waals surface area contributed by atoms with Crippen LogP contribution in [0.2, 0.25) is 0 Å². The van der Waals surface area contributed by atoms with Crippen LogP contribution in [0.25, 0.3) is 0 Å². The Labute approximate surface area is 121 Å². The lowest BCUT2D eigenvalue weighted by molar-refractivity contribution is 0.0692. The predicted octanol–water partition coefficient (Wildman–Crippen LogP) is 3.76. The summed E-state index contributed by atoms with van der Waals surface area (Å²) in [5.41, 5.74) is 2.31. The molecular formula is C14H16N2O3S. The fraction of sp³-hybridized carbons (Fsp3) is 0.286. The number of hydrogen-bond donors (Lipinski definition) is 2. The highest BCUT2D eigenvalue weighted by molar-refractivity contribution is 7.14. The average Bonchev–Trinajstić information content (AvgIpc) is 2.87. The summed E-state index contributed by atoms with van der Waals surface area (Å²) in [6.07, 6.45) is 1.07. The van der Waals surface area contributed by atoms with Crippen LogP contribution in [0.5, 0.6) is 5.75 Å². The summed E-state index contributed by atoms with van der Waals surface area (Å²) in [7, 11) is 0. The van der Waals surface area contributed by atoms with Gasteiger partial charge in [-0.2, -0.15) is 0 Å². The third-order valence-corrected chi connectivity index (χ3v) is 3.52. The van der Waals surface area contributed by atoms with Crippen molar-refractivity contribution in [3.63, 3.8) is 0 Å². The summed E-state index contributed by atoms with van der Waals surface area (Å²) < 4.78 is 5.73. The van der Waals surface area contributed by atoms with E-state index in [-0.39, 0.29) is 11.8 Å². The second-order valence-corrected chi connectivity index (χ2v) is 5.18. The van der Waals surface area contributed by atoms with E-state index in [4.69, 9.17) is 9.84 Å². The molecule has 0 saturated carbocycles. The first-order valence-electron chi connectivity index (χ1n) is 6.30. The first kappa shape index (κ1) is 14.3. The van der Waals surface area contributed by atoms with E-state index in [0.717, 1.165) is 17.9 Å². The minimum absolute atomic E-state index is 0.0308. The Morgan fingerprint density at radius 2 is 2.35 bits per heavy atom. The van der Waals surface area contributed by atoms with E-state index in [1.807, 2.05) is 31.2 Å². The number of carboxylic acids is 1. The number of anilines is 2. The zero-order valence-corrected chi connectivity index (χ0v) is 12.1. The van der Waals surface area contributed by atoms with Gasteiger partial charge in [-0.25, -0.2) is 9.78 Å². The van der Waals surface area contributed by atoms with Gasteiger partial charge < -0.3 is 15.2 Å². The second-order valence-electron chi connectivity index (χ2n) is 4.32. The molecular weight excluding hydrogens is 276 g/mol. The summed E-state index contributed by atoms with van der Waals surface area (Å²) in [6, 6.07) is 7.44. The van der Waals surface area contributed by atoms with Crippen LogP contribution in [0.3, 0.4) is 0 Å². The van der Waals surface area contributed by atoms with Gasteiger partial charge in [0.15, 0.2) is 5.69 Å². The number of thiazole rings is 1. The maximum atomic E-state index is 11.0. The molecule has 0 aliphatic carbocycles. The van der Waals surface area contributed by atoms with Crippen molar-refractivity contribution in [1.29, 1.82) is 0 Å². The van der Waals surface area contributed by atoms with Crippen LogP contribution in [-0.4, -0.2) is 22.2 Å². The van der Waals surface area contributed by atoms with Crippen molar-refractivity contribution in [2.75, 3.05) is 5.32 Å². The van der Waals surface area contributed by atoms with Gasteiger partial charge in [-0.1, -0.05) is 13.0 Å². The van der Waals surface area contributed by atoms with Crippen molar-refractivity contribution < 1.29 is 14.6 Å². The van der Waals surface area contributed by atoms with Gasteiger partial charge >= 0.3 is 5.97 Å². The van der Waals surface area contributed by atoms with E-state index in [1.165, 1.54) is 16.8 Å². The van der Waals surface area contributed by atoms with Gasteiger partial charge in [-0.3, -0.25) is 0 Å². The number of aromatic carboxylic acids is 1. The number of benzene rings is 1. The highest BCUT2D eigenvalue weighted by Gasteiger charge is 2.13. The fourth-order valence-corrected chi connectivity index (χ4v) is 2.27. The van der Waals surface area contributed by atoms with Gasteiger partial charge in [0.05, 0.1) is 11.6 Å². The van der Waals surface area contributed by atoms with Gasteiger partial charge in [0, 0.05) is 11.8 Å².